The molecule has 0 radical (unpaired) electrons. The molecule has 0 unspecified atom stereocenters. The summed E-state index contributed by atoms with van der Waals surface area (Å²) in [7, 11) is 0. The lowest BCUT2D eigenvalue weighted by Crippen LogP contribution is -2.09. The molecule has 0 spiro atoms. The van der Waals surface area contributed by atoms with E-state index in [2.05, 4.69) is 0 Å². The van der Waals surface area contributed by atoms with E-state index in [0.29, 0.717) is 33.6 Å². The van der Waals surface area contributed by atoms with Crippen molar-refractivity contribution in [3.05, 3.63) is 106 Å². The zero-order valence-corrected chi connectivity index (χ0v) is 16.9. The second kappa shape index (κ2) is 7.48. The Morgan fingerprint density at radius 1 is 0.600 bits per heavy atom. The molecular weight excluding hydrogens is 372 g/mol. The quantitative estimate of drug-likeness (QED) is 0.373. The number of nitrogen functional groups attached to an aromatic ring is 2. The average Bonchev–Trinajstić information content (AvgIpc) is 2.73. The van der Waals surface area contributed by atoms with Crippen LogP contribution < -0.4 is 11.5 Å². The molecular formula is C26H22N2O2. The van der Waals surface area contributed by atoms with Gasteiger partial charge in [0.05, 0.1) is 0 Å². The molecule has 4 aromatic carbocycles. The SMILES string of the molecule is Cc1ccc2c(C(=O)c3cccc(N)c3)c(C)ccc2c1C(=O)c1cccc(N)c1. The number of carbonyl (C=O) groups is 2. The minimum atomic E-state index is -0.114. The van der Waals surface area contributed by atoms with Gasteiger partial charge in [-0.05, 0) is 60.0 Å². The number of hydrogen-bond acceptors (Lipinski definition) is 4. The van der Waals surface area contributed by atoms with Crippen LogP contribution in [-0.4, -0.2) is 11.6 Å². The summed E-state index contributed by atoms with van der Waals surface area (Å²) >= 11 is 0. The van der Waals surface area contributed by atoms with Crippen LogP contribution in [0.15, 0.2) is 72.8 Å². The van der Waals surface area contributed by atoms with Crippen LogP contribution >= 0.6 is 0 Å². The van der Waals surface area contributed by atoms with Gasteiger partial charge in [0.15, 0.2) is 11.6 Å². The van der Waals surface area contributed by atoms with Crippen molar-refractivity contribution in [3.63, 3.8) is 0 Å². The van der Waals surface area contributed by atoms with Gasteiger partial charge in [-0.1, -0.05) is 48.5 Å². The fourth-order valence-electron chi connectivity index (χ4n) is 3.88. The van der Waals surface area contributed by atoms with Crippen molar-refractivity contribution < 1.29 is 9.59 Å². The predicted octanol–water partition coefficient (Wildman–Crippen LogP) is 5.08. The van der Waals surface area contributed by atoms with E-state index in [9.17, 15) is 9.59 Å². The van der Waals surface area contributed by atoms with Crippen molar-refractivity contribution >= 4 is 33.7 Å². The van der Waals surface area contributed by atoms with Gasteiger partial charge < -0.3 is 11.5 Å². The fourth-order valence-corrected chi connectivity index (χ4v) is 3.88. The summed E-state index contributed by atoms with van der Waals surface area (Å²) in [6.07, 6.45) is 0. The van der Waals surface area contributed by atoms with Crippen molar-refractivity contribution in [1.82, 2.24) is 0 Å². The van der Waals surface area contributed by atoms with E-state index in [1.54, 1.807) is 48.5 Å². The number of nitrogens with two attached hydrogens (primary N) is 2. The standard InChI is InChI=1S/C26H22N2O2/c1-15-9-11-22-21(23(15)25(29)17-5-3-7-19(27)13-17)12-10-16(2)24(22)26(30)18-6-4-8-20(28)14-18/h3-14H,27-28H2,1-2H3. The van der Waals surface area contributed by atoms with Crippen molar-refractivity contribution in [3.8, 4) is 0 Å². The van der Waals surface area contributed by atoms with Crippen LogP contribution in [0, 0.1) is 13.8 Å². The van der Waals surface area contributed by atoms with E-state index in [1.165, 1.54) is 0 Å². The van der Waals surface area contributed by atoms with Crippen LogP contribution in [0.4, 0.5) is 11.4 Å². The number of ketones is 2. The normalized spacial score (nSPS) is 10.9. The Morgan fingerprint density at radius 3 is 1.37 bits per heavy atom. The Kier molecular flexibility index (Phi) is 4.84. The van der Waals surface area contributed by atoms with Gasteiger partial charge in [0.2, 0.25) is 0 Å². The maximum absolute atomic E-state index is 13.4. The van der Waals surface area contributed by atoms with Gasteiger partial charge in [-0.3, -0.25) is 9.59 Å². The molecule has 4 rings (SSSR count). The maximum atomic E-state index is 13.4. The highest BCUT2D eigenvalue weighted by molar-refractivity contribution is 6.23. The molecule has 4 N–H and O–H groups in total. The molecule has 0 fully saturated rings. The zero-order chi connectivity index (χ0) is 21.4. The number of rotatable bonds is 4. The monoisotopic (exact) mass is 394 g/mol. The zero-order valence-electron chi connectivity index (χ0n) is 16.9. The summed E-state index contributed by atoms with van der Waals surface area (Å²) < 4.78 is 0. The maximum Gasteiger partial charge on any atom is 0.193 e. The minimum Gasteiger partial charge on any atom is -0.399 e. The molecule has 0 bridgehead atoms. The van der Waals surface area contributed by atoms with E-state index >= 15 is 0 Å². The number of fused-ring (bicyclic) bond motifs is 1. The summed E-state index contributed by atoms with van der Waals surface area (Å²) in [4.78, 5) is 26.7. The van der Waals surface area contributed by atoms with Crippen LogP contribution in [0.3, 0.4) is 0 Å². The van der Waals surface area contributed by atoms with Gasteiger partial charge in [-0.2, -0.15) is 0 Å². The molecule has 0 aromatic heterocycles. The Morgan fingerprint density at radius 2 is 1.00 bits per heavy atom. The second-order valence-corrected chi connectivity index (χ2v) is 7.52. The second-order valence-electron chi connectivity index (χ2n) is 7.52. The molecule has 30 heavy (non-hydrogen) atoms. The molecule has 148 valence electrons. The number of benzene rings is 4. The average molecular weight is 394 g/mol. The van der Waals surface area contributed by atoms with Crippen LogP contribution in [0.5, 0.6) is 0 Å². The van der Waals surface area contributed by atoms with E-state index < -0.39 is 0 Å². The molecule has 0 amide bonds. The largest absolute Gasteiger partial charge is 0.399 e. The van der Waals surface area contributed by atoms with E-state index in [-0.39, 0.29) is 11.6 Å². The first-order valence-corrected chi connectivity index (χ1v) is 9.70. The van der Waals surface area contributed by atoms with Crippen molar-refractivity contribution in [2.24, 2.45) is 0 Å². The van der Waals surface area contributed by atoms with Gasteiger partial charge in [-0.15, -0.1) is 0 Å². The number of carbonyl (C=O) groups excluding carboxylic acids is 2. The first-order valence-electron chi connectivity index (χ1n) is 9.70. The molecule has 0 heterocycles. The highest BCUT2D eigenvalue weighted by Gasteiger charge is 2.21. The smallest absolute Gasteiger partial charge is 0.193 e. The first kappa shape index (κ1) is 19.4. The van der Waals surface area contributed by atoms with Crippen molar-refractivity contribution in [1.29, 1.82) is 0 Å². The molecule has 0 atom stereocenters. The number of hydrogen-bond donors (Lipinski definition) is 2. The van der Waals surface area contributed by atoms with E-state index in [0.717, 1.165) is 21.9 Å². The molecule has 0 aliphatic rings. The first-order chi connectivity index (χ1) is 14.4. The fraction of sp³-hybridized carbons (Fsp3) is 0.0769. The van der Waals surface area contributed by atoms with Gasteiger partial charge in [0.1, 0.15) is 0 Å². The van der Waals surface area contributed by atoms with Gasteiger partial charge >= 0.3 is 0 Å². The highest BCUT2D eigenvalue weighted by Crippen LogP contribution is 2.31. The number of anilines is 2. The molecule has 0 saturated carbocycles. The molecule has 4 nitrogen and oxygen atoms in total. The van der Waals surface area contributed by atoms with Crippen LogP contribution in [0.1, 0.15) is 43.0 Å². The summed E-state index contributed by atoms with van der Waals surface area (Å²) in [5.74, 6) is -0.229. The van der Waals surface area contributed by atoms with Gasteiger partial charge in [0, 0.05) is 33.6 Å². The Hall–Kier alpha value is -3.92. The van der Waals surface area contributed by atoms with Gasteiger partial charge in [-0.25, -0.2) is 0 Å². The van der Waals surface area contributed by atoms with E-state index in [1.807, 2.05) is 38.1 Å². The van der Waals surface area contributed by atoms with Crippen molar-refractivity contribution in [2.75, 3.05) is 11.5 Å². The molecule has 0 aliphatic heterocycles. The summed E-state index contributed by atoms with van der Waals surface area (Å²) in [5, 5.41) is 1.50. The Bertz CT molecular complexity index is 1220. The highest BCUT2D eigenvalue weighted by atomic mass is 16.1. The van der Waals surface area contributed by atoms with Gasteiger partial charge in [0.25, 0.3) is 0 Å². The molecule has 0 saturated heterocycles. The van der Waals surface area contributed by atoms with Crippen LogP contribution in [0.25, 0.3) is 10.8 Å². The van der Waals surface area contributed by atoms with E-state index in [4.69, 9.17) is 11.5 Å². The van der Waals surface area contributed by atoms with Crippen LogP contribution in [0.2, 0.25) is 0 Å². The molecule has 4 heteroatoms. The topological polar surface area (TPSA) is 86.2 Å². The lowest BCUT2D eigenvalue weighted by Gasteiger charge is -2.15. The lowest BCUT2D eigenvalue weighted by molar-refractivity contribution is 0.103. The van der Waals surface area contributed by atoms with Crippen molar-refractivity contribution in [2.45, 2.75) is 13.8 Å². The number of aryl methyl sites for hydroxylation is 2. The minimum absolute atomic E-state index is 0.114. The lowest BCUT2D eigenvalue weighted by atomic mass is 9.87. The third-order valence-electron chi connectivity index (χ3n) is 5.37. The molecule has 4 aromatic rings. The Labute approximate surface area is 175 Å². The van der Waals surface area contributed by atoms with Crippen LogP contribution in [-0.2, 0) is 0 Å². The third-order valence-corrected chi connectivity index (χ3v) is 5.37. The molecule has 0 aliphatic carbocycles. The third kappa shape index (κ3) is 3.33. The summed E-state index contributed by atoms with van der Waals surface area (Å²) in [6, 6.07) is 21.5. The summed E-state index contributed by atoms with van der Waals surface area (Å²) in [6.45, 7) is 3.80. The predicted molar refractivity (Wildman–Crippen MR) is 122 cm³/mol. The summed E-state index contributed by atoms with van der Waals surface area (Å²) in [5.41, 5.74) is 16.7. The Balaban J connectivity index is 1.95.